The van der Waals surface area contributed by atoms with E-state index >= 15 is 0 Å². The Morgan fingerprint density at radius 1 is 1.11 bits per heavy atom. The summed E-state index contributed by atoms with van der Waals surface area (Å²) in [6.07, 6.45) is 0. The Bertz CT molecular complexity index is 1390. The number of carbonyl (C=O) groups excluding carboxylic acids is 2. The van der Waals surface area contributed by atoms with Crippen LogP contribution in [0.15, 0.2) is 76.5 Å². The number of nitrogens with zero attached hydrogens (tertiary/aromatic N) is 1. The van der Waals surface area contributed by atoms with Crippen LogP contribution in [-0.4, -0.2) is 31.8 Å². The molecule has 1 saturated heterocycles. The quantitative estimate of drug-likeness (QED) is 0.279. The molecular weight excluding hydrogens is 488 g/mol. The Morgan fingerprint density at radius 2 is 1.83 bits per heavy atom. The van der Waals surface area contributed by atoms with Gasteiger partial charge in [-0.2, -0.15) is 0 Å². The molecule has 0 aliphatic carbocycles. The molecule has 0 bridgehead atoms. The average molecular weight is 513 g/mol. The summed E-state index contributed by atoms with van der Waals surface area (Å²) >= 11 is 1.33. The summed E-state index contributed by atoms with van der Waals surface area (Å²) in [6, 6.07) is 14.7. The van der Waals surface area contributed by atoms with E-state index in [0.29, 0.717) is 34.4 Å². The number of Topliss-reactive ketones (excluding diaryl/α,β-unsaturated/α-hetero) is 1. The van der Waals surface area contributed by atoms with E-state index in [0.717, 1.165) is 0 Å². The summed E-state index contributed by atoms with van der Waals surface area (Å²) in [5.74, 6) is -1.16. The molecule has 1 atom stereocenters. The predicted octanol–water partition coefficient (Wildman–Crippen LogP) is 4.06. The number of thiophene rings is 1. The topological polar surface area (TPSA) is 127 Å². The van der Waals surface area contributed by atoms with Gasteiger partial charge in [-0.1, -0.05) is 32.0 Å². The van der Waals surface area contributed by atoms with Crippen LogP contribution in [0.5, 0.6) is 5.75 Å². The van der Waals surface area contributed by atoms with Crippen molar-refractivity contribution in [3.8, 4) is 5.75 Å². The van der Waals surface area contributed by atoms with Gasteiger partial charge in [-0.05, 0) is 53.8 Å². The van der Waals surface area contributed by atoms with Gasteiger partial charge in [0.2, 0.25) is 10.0 Å². The zero-order valence-corrected chi connectivity index (χ0v) is 20.7. The minimum absolute atomic E-state index is 0.0611. The lowest BCUT2D eigenvalue weighted by Crippen LogP contribution is -2.29. The molecule has 182 valence electrons. The van der Waals surface area contributed by atoms with Crippen molar-refractivity contribution < 1.29 is 27.9 Å². The van der Waals surface area contributed by atoms with E-state index < -0.39 is 27.8 Å². The standard InChI is InChI=1S/C25H24N2O6S2/c1-15(2)14-33-18-6-3-5-16(13-18)23(28)21-22(20-7-4-12-34-20)27(25(30)24(21)29)17-8-10-19(11-9-17)35(26,31)32/h3-13,15,22,28H,14H2,1-2H3,(H2,26,31,32)/b23-21-. The van der Waals surface area contributed by atoms with Gasteiger partial charge in [0, 0.05) is 16.1 Å². The van der Waals surface area contributed by atoms with Gasteiger partial charge in [-0.15, -0.1) is 11.3 Å². The Labute approximate surface area is 207 Å². The Balaban J connectivity index is 1.81. The lowest BCUT2D eigenvalue weighted by molar-refractivity contribution is -0.132. The van der Waals surface area contributed by atoms with Crippen molar-refractivity contribution in [3.05, 3.63) is 82.1 Å². The Kier molecular flexibility index (Phi) is 6.79. The second kappa shape index (κ2) is 9.65. The summed E-state index contributed by atoms with van der Waals surface area (Å²) in [5.41, 5.74) is 0.579. The van der Waals surface area contributed by atoms with Crippen molar-refractivity contribution in [2.24, 2.45) is 11.1 Å². The maximum absolute atomic E-state index is 13.2. The minimum atomic E-state index is -3.93. The smallest absolute Gasteiger partial charge is 0.300 e. The number of anilines is 1. The number of benzene rings is 2. The number of hydrogen-bond donors (Lipinski definition) is 2. The largest absolute Gasteiger partial charge is 0.507 e. The number of sulfonamides is 1. The fourth-order valence-corrected chi connectivity index (χ4v) is 5.10. The summed E-state index contributed by atoms with van der Waals surface area (Å²) in [5, 5.41) is 18.2. The lowest BCUT2D eigenvalue weighted by Gasteiger charge is -2.24. The Morgan fingerprint density at radius 3 is 2.43 bits per heavy atom. The van der Waals surface area contributed by atoms with Gasteiger partial charge < -0.3 is 9.84 Å². The van der Waals surface area contributed by atoms with Crippen molar-refractivity contribution in [1.82, 2.24) is 0 Å². The fourth-order valence-electron chi connectivity index (χ4n) is 3.76. The second-order valence-corrected chi connectivity index (χ2v) is 11.0. The molecule has 1 aliphatic heterocycles. The van der Waals surface area contributed by atoms with Gasteiger partial charge >= 0.3 is 0 Å². The van der Waals surface area contributed by atoms with E-state index in [1.807, 2.05) is 13.8 Å². The summed E-state index contributed by atoms with van der Waals surface area (Å²) < 4.78 is 29.0. The van der Waals surface area contributed by atoms with Crippen LogP contribution >= 0.6 is 11.3 Å². The van der Waals surface area contributed by atoms with E-state index in [4.69, 9.17) is 9.88 Å². The van der Waals surface area contributed by atoms with Gasteiger partial charge in [0.1, 0.15) is 17.6 Å². The van der Waals surface area contributed by atoms with Crippen LogP contribution in [0.1, 0.15) is 30.3 Å². The first-order valence-corrected chi connectivity index (χ1v) is 13.2. The molecular formula is C25H24N2O6S2. The molecule has 4 rings (SSSR count). The highest BCUT2D eigenvalue weighted by Gasteiger charge is 2.47. The minimum Gasteiger partial charge on any atom is -0.507 e. The normalized spacial score (nSPS) is 17.8. The molecule has 0 spiro atoms. The van der Waals surface area contributed by atoms with Crippen LogP contribution in [0.3, 0.4) is 0 Å². The van der Waals surface area contributed by atoms with Gasteiger partial charge in [0.25, 0.3) is 11.7 Å². The number of aliphatic hydroxyl groups excluding tert-OH is 1. The molecule has 1 aliphatic rings. The predicted molar refractivity (Wildman–Crippen MR) is 134 cm³/mol. The van der Waals surface area contributed by atoms with Crippen LogP contribution in [0.4, 0.5) is 5.69 Å². The highest BCUT2D eigenvalue weighted by atomic mass is 32.2. The molecule has 2 aromatic carbocycles. The molecule has 0 radical (unpaired) electrons. The van der Waals surface area contributed by atoms with E-state index in [-0.39, 0.29) is 16.2 Å². The molecule has 3 N–H and O–H groups in total. The monoisotopic (exact) mass is 512 g/mol. The van der Waals surface area contributed by atoms with Gasteiger partial charge in [-0.25, -0.2) is 13.6 Å². The highest BCUT2D eigenvalue weighted by Crippen LogP contribution is 2.43. The first-order valence-electron chi connectivity index (χ1n) is 10.8. The molecule has 1 aromatic heterocycles. The van der Waals surface area contributed by atoms with Gasteiger partial charge in [0.05, 0.1) is 17.1 Å². The van der Waals surface area contributed by atoms with Crippen molar-refractivity contribution in [3.63, 3.8) is 0 Å². The molecule has 35 heavy (non-hydrogen) atoms. The van der Waals surface area contributed by atoms with Crippen LogP contribution in [-0.2, 0) is 19.6 Å². The fraction of sp³-hybridized carbons (Fsp3) is 0.200. The van der Waals surface area contributed by atoms with Crippen LogP contribution in [0.2, 0.25) is 0 Å². The Hall–Kier alpha value is -3.47. The highest BCUT2D eigenvalue weighted by molar-refractivity contribution is 7.89. The molecule has 0 saturated carbocycles. The molecule has 8 nitrogen and oxygen atoms in total. The zero-order valence-electron chi connectivity index (χ0n) is 19.0. The van der Waals surface area contributed by atoms with E-state index in [1.165, 1.54) is 40.5 Å². The number of ether oxygens (including phenoxy) is 1. The number of aliphatic hydroxyl groups is 1. The maximum Gasteiger partial charge on any atom is 0.300 e. The number of amides is 1. The molecule has 1 amide bonds. The van der Waals surface area contributed by atoms with Gasteiger partial charge in [0.15, 0.2) is 0 Å². The number of nitrogens with two attached hydrogens (primary N) is 1. The SMILES string of the molecule is CC(C)COc1cccc(/C(O)=C2/C(=O)C(=O)N(c3ccc(S(N)(=O)=O)cc3)C2c2cccs2)c1. The number of hydrogen-bond acceptors (Lipinski definition) is 7. The van der Waals surface area contributed by atoms with Crippen molar-refractivity contribution >= 4 is 44.5 Å². The summed E-state index contributed by atoms with van der Waals surface area (Å²) in [7, 11) is -3.93. The second-order valence-electron chi connectivity index (χ2n) is 8.46. The molecule has 10 heteroatoms. The van der Waals surface area contributed by atoms with Crippen LogP contribution in [0, 0.1) is 5.92 Å². The third-order valence-corrected chi connectivity index (χ3v) is 7.25. The first kappa shape index (κ1) is 24.6. The van der Waals surface area contributed by atoms with E-state index in [9.17, 15) is 23.1 Å². The molecule has 1 unspecified atom stereocenters. The number of rotatable bonds is 7. The molecule has 1 fully saturated rings. The maximum atomic E-state index is 13.2. The summed E-state index contributed by atoms with van der Waals surface area (Å²) in [6.45, 7) is 4.52. The average Bonchev–Trinajstić information content (AvgIpc) is 3.44. The van der Waals surface area contributed by atoms with E-state index in [2.05, 4.69) is 0 Å². The van der Waals surface area contributed by atoms with E-state index in [1.54, 1.807) is 41.8 Å². The first-order chi connectivity index (χ1) is 16.6. The lowest BCUT2D eigenvalue weighted by atomic mass is 9.99. The third kappa shape index (κ3) is 5.00. The third-order valence-electron chi connectivity index (χ3n) is 5.39. The number of primary sulfonamides is 1. The number of carbonyl (C=O) groups is 2. The van der Waals surface area contributed by atoms with Gasteiger partial charge in [-0.3, -0.25) is 14.5 Å². The zero-order chi connectivity index (χ0) is 25.3. The van der Waals surface area contributed by atoms with Crippen molar-refractivity contribution in [2.75, 3.05) is 11.5 Å². The van der Waals surface area contributed by atoms with Crippen molar-refractivity contribution in [1.29, 1.82) is 0 Å². The van der Waals surface area contributed by atoms with Crippen LogP contribution in [0.25, 0.3) is 5.76 Å². The summed E-state index contributed by atoms with van der Waals surface area (Å²) in [4.78, 5) is 28.1. The van der Waals surface area contributed by atoms with Crippen LogP contribution < -0.4 is 14.8 Å². The molecule has 3 aromatic rings. The van der Waals surface area contributed by atoms with Crippen molar-refractivity contribution in [2.45, 2.75) is 24.8 Å². The molecule has 2 heterocycles. The number of ketones is 1.